The van der Waals surface area contributed by atoms with Gasteiger partial charge in [0.1, 0.15) is 0 Å². The zero-order valence-electron chi connectivity index (χ0n) is 19.2. The van der Waals surface area contributed by atoms with Gasteiger partial charge in [-0.2, -0.15) is 5.10 Å². The molecule has 3 rings (SSSR count). The second-order valence-corrected chi connectivity index (χ2v) is 7.29. The van der Waals surface area contributed by atoms with E-state index < -0.39 is 0 Å². The number of aromatic nitrogens is 2. The number of amides is 1. The largest absolute Gasteiger partial charge is 0.490 e. The quantitative estimate of drug-likeness (QED) is 0.445. The Morgan fingerprint density at radius 1 is 0.938 bits per heavy atom. The lowest BCUT2D eigenvalue weighted by molar-refractivity contribution is 0.0784. The maximum Gasteiger partial charge on any atom is 0.254 e. The molecule has 0 fully saturated rings. The summed E-state index contributed by atoms with van der Waals surface area (Å²) in [6.45, 7) is 8.20. The second-order valence-electron chi connectivity index (χ2n) is 7.29. The third-order valence-corrected chi connectivity index (χ3v) is 4.80. The molecule has 170 valence electrons. The molecule has 0 saturated carbocycles. The molecule has 1 heterocycles. The van der Waals surface area contributed by atoms with Crippen molar-refractivity contribution >= 4 is 5.91 Å². The molecule has 1 aromatic heterocycles. The number of ether oxygens (including phenoxy) is 3. The van der Waals surface area contributed by atoms with Crippen LogP contribution in [0.3, 0.4) is 0 Å². The van der Waals surface area contributed by atoms with Crippen LogP contribution in [-0.4, -0.2) is 47.5 Å². The highest BCUT2D eigenvalue weighted by Crippen LogP contribution is 2.39. The average Bonchev–Trinajstić information content (AvgIpc) is 3.22. The Labute approximate surface area is 189 Å². The molecule has 3 aromatic rings. The van der Waals surface area contributed by atoms with Crippen molar-refractivity contribution < 1.29 is 19.0 Å². The van der Waals surface area contributed by atoms with Gasteiger partial charge in [-0.15, -0.1) is 0 Å². The number of carbonyl (C=O) groups is 1. The SMILES string of the molecule is CCOc1cc(C(=O)N(C)Cc2cnn(Cc3ccccc3)c2)cc(OCC)c1OCC. The van der Waals surface area contributed by atoms with Crippen molar-refractivity contribution in [1.82, 2.24) is 14.7 Å². The minimum absolute atomic E-state index is 0.134. The number of hydrogen-bond donors (Lipinski definition) is 0. The first-order valence-electron chi connectivity index (χ1n) is 10.9. The van der Waals surface area contributed by atoms with Gasteiger partial charge in [0, 0.05) is 30.9 Å². The van der Waals surface area contributed by atoms with Gasteiger partial charge in [0.25, 0.3) is 5.91 Å². The number of nitrogens with zero attached hydrogens (tertiary/aromatic N) is 3. The first-order chi connectivity index (χ1) is 15.5. The maximum atomic E-state index is 13.2. The fourth-order valence-corrected chi connectivity index (χ4v) is 3.42. The maximum absolute atomic E-state index is 13.2. The Hall–Kier alpha value is -3.48. The highest BCUT2D eigenvalue weighted by Gasteiger charge is 2.20. The molecular formula is C25H31N3O4. The zero-order chi connectivity index (χ0) is 22.9. The van der Waals surface area contributed by atoms with E-state index >= 15 is 0 Å². The van der Waals surface area contributed by atoms with Crippen LogP contribution in [0, 0.1) is 0 Å². The van der Waals surface area contributed by atoms with Crippen LogP contribution in [0.1, 0.15) is 42.3 Å². The first kappa shape index (κ1) is 23.2. The number of hydrogen-bond acceptors (Lipinski definition) is 5. The Bertz CT molecular complexity index is 990. The number of benzene rings is 2. The molecule has 0 atom stereocenters. The third kappa shape index (κ3) is 5.81. The first-order valence-corrected chi connectivity index (χ1v) is 10.9. The van der Waals surface area contributed by atoms with Crippen LogP contribution < -0.4 is 14.2 Å². The van der Waals surface area contributed by atoms with Crippen molar-refractivity contribution in [2.24, 2.45) is 0 Å². The van der Waals surface area contributed by atoms with Gasteiger partial charge in [0.15, 0.2) is 11.5 Å². The van der Waals surface area contributed by atoms with E-state index in [-0.39, 0.29) is 5.91 Å². The van der Waals surface area contributed by atoms with E-state index in [2.05, 4.69) is 17.2 Å². The molecule has 7 heteroatoms. The molecule has 7 nitrogen and oxygen atoms in total. The molecule has 1 amide bonds. The zero-order valence-corrected chi connectivity index (χ0v) is 19.2. The molecule has 0 aliphatic heterocycles. The summed E-state index contributed by atoms with van der Waals surface area (Å²) in [5.41, 5.74) is 2.62. The fourth-order valence-electron chi connectivity index (χ4n) is 3.42. The summed E-state index contributed by atoms with van der Waals surface area (Å²) in [4.78, 5) is 14.8. The van der Waals surface area contributed by atoms with Crippen molar-refractivity contribution in [3.63, 3.8) is 0 Å². The summed E-state index contributed by atoms with van der Waals surface area (Å²) in [7, 11) is 1.77. The topological polar surface area (TPSA) is 65.8 Å². The molecule has 0 saturated heterocycles. The van der Waals surface area contributed by atoms with E-state index in [0.717, 1.165) is 5.56 Å². The highest BCUT2D eigenvalue weighted by atomic mass is 16.5. The average molecular weight is 438 g/mol. The Morgan fingerprint density at radius 2 is 1.56 bits per heavy atom. The smallest absolute Gasteiger partial charge is 0.254 e. The monoisotopic (exact) mass is 437 g/mol. The Balaban J connectivity index is 1.76. The van der Waals surface area contributed by atoms with E-state index in [4.69, 9.17) is 14.2 Å². The predicted octanol–water partition coefficient (Wildman–Crippen LogP) is 4.40. The molecular weight excluding hydrogens is 406 g/mol. The van der Waals surface area contributed by atoms with Gasteiger partial charge in [-0.1, -0.05) is 30.3 Å². The van der Waals surface area contributed by atoms with Gasteiger partial charge >= 0.3 is 0 Å². The third-order valence-electron chi connectivity index (χ3n) is 4.80. The van der Waals surface area contributed by atoms with Crippen LogP contribution in [0.2, 0.25) is 0 Å². The standard InChI is InChI=1S/C25H31N3O4/c1-5-30-22-13-21(14-23(31-6-2)24(22)32-7-3)25(29)27(4)16-20-15-26-28(18-20)17-19-11-9-8-10-12-19/h8-15,18H,5-7,16-17H2,1-4H3. The molecule has 0 radical (unpaired) electrons. The molecule has 32 heavy (non-hydrogen) atoms. The van der Waals surface area contributed by atoms with Crippen molar-refractivity contribution in [3.05, 3.63) is 71.5 Å². The van der Waals surface area contributed by atoms with Crippen LogP contribution in [0.4, 0.5) is 0 Å². The van der Waals surface area contributed by atoms with E-state index in [1.807, 2.05) is 49.8 Å². The predicted molar refractivity (Wildman–Crippen MR) is 124 cm³/mol. The highest BCUT2D eigenvalue weighted by molar-refractivity contribution is 5.95. The summed E-state index contributed by atoms with van der Waals surface area (Å²) >= 11 is 0. The Kier molecular flexibility index (Phi) is 8.14. The minimum Gasteiger partial charge on any atom is -0.490 e. The second kappa shape index (κ2) is 11.2. The van der Waals surface area contributed by atoms with Crippen molar-refractivity contribution in [2.45, 2.75) is 33.9 Å². The van der Waals surface area contributed by atoms with Crippen LogP contribution in [0.15, 0.2) is 54.9 Å². The molecule has 2 aromatic carbocycles. The summed E-state index contributed by atoms with van der Waals surface area (Å²) in [5, 5.41) is 4.43. The molecule has 0 spiro atoms. The van der Waals surface area contributed by atoms with Gasteiger partial charge in [0.2, 0.25) is 5.75 Å². The van der Waals surface area contributed by atoms with E-state index in [1.54, 1.807) is 30.3 Å². The molecule has 0 aliphatic rings. The summed E-state index contributed by atoms with van der Waals surface area (Å²) in [6.07, 6.45) is 3.76. The van der Waals surface area contributed by atoms with Crippen molar-refractivity contribution in [3.8, 4) is 17.2 Å². The summed E-state index contributed by atoms with van der Waals surface area (Å²) < 4.78 is 19.1. The van der Waals surface area contributed by atoms with Gasteiger partial charge in [0.05, 0.1) is 32.6 Å². The van der Waals surface area contributed by atoms with Gasteiger partial charge < -0.3 is 19.1 Å². The van der Waals surface area contributed by atoms with E-state index in [0.29, 0.717) is 55.7 Å². The normalized spacial score (nSPS) is 10.6. The van der Waals surface area contributed by atoms with Crippen LogP contribution >= 0.6 is 0 Å². The van der Waals surface area contributed by atoms with Crippen LogP contribution in [0.25, 0.3) is 0 Å². The van der Waals surface area contributed by atoms with E-state index in [1.165, 1.54) is 5.56 Å². The van der Waals surface area contributed by atoms with Gasteiger partial charge in [-0.25, -0.2) is 0 Å². The number of rotatable bonds is 11. The minimum atomic E-state index is -0.134. The molecule has 0 aliphatic carbocycles. The van der Waals surface area contributed by atoms with Gasteiger partial charge in [-0.3, -0.25) is 9.48 Å². The lowest BCUT2D eigenvalue weighted by atomic mass is 10.1. The van der Waals surface area contributed by atoms with Crippen molar-refractivity contribution in [1.29, 1.82) is 0 Å². The lowest BCUT2D eigenvalue weighted by Gasteiger charge is -2.20. The Morgan fingerprint density at radius 3 is 2.16 bits per heavy atom. The fraction of sp³-hybridized carbons (Fsp3) is 0.360. The number of carbonyl (C=O) groups excluding carboxylic acids is 1. The molecule has 0 N–H and O–H groups in total. The van der Waals surface area contributed by atoms with Crippen LogP contribution in [-0.2, 0) is 13.1 Å². The van der Waals surface area contributed by atoms with E-state index in [9.17, 15) is 4.79 Å². The molecule has 0 bridgehead atoms. The summed E-state index contributed by atoms with van der Waals surface area (Å²) in [6, 6.07) is 13.6. The summed E-state index contributed by atoms with van der Waals surface area (Å²) in [5.74, 6) is 1.41. The van der Waals surface area contributed by atoms with Crippen molar-refractivity contribution in [2.75, 3.05) is 26.9 Å². The molecule has 0 unspecified atom stereocenters. The lowest BCUT2D eigenvalue weighted by Crippen LogP contribution is -2.26. The van der Waals surface area contributed by atoms with Gasteiger partial charge in [-0.05, 0) is 38.5 Å². The van der Waals surface area contributed by atoms with Crippen LogP contribution in [0.5, 0.6) is 17.2 Å².